The Kier molecular flexibility index (Phi) is 27.9. The number of carboxylic acid groups (broad SMARTS) is 1. The Labute approximate surface area is 155 Å². The fourth-order valence-corrected chi connectivity index (χ4v) is 1.94. The Morgan fingerprint density at radius 2 is 1.11 bits per heavy atom. The van der Waals surface area contributed by atoms with Crippen molar-refractivity contribution in [3.63, 3.8) is 0 Å². The molecule has 0 aromatic heterocycles. The van der Waals surface area contributed by atoms with Gasteiger partial charge in [-0.25, -0.2) is 0 Å². The van der Waals surface area contributed by atoms with Crippen LogP contribution in [0.4, 0.5) is 0 Å². The zero-order valence-corrected chi connectivity index (χ0v) is 14.9. The Hall–Kier alpha value is 1.31. The normalized spacial score (nSPS) is 9.39. The number of rotatable bonds is 12. The molecule has 0 spiro atoms. The van der Waals surface area contributed by atoms with Gasteiger partial charge in [-0.2, -0.15) is 0 Å². The summed E-state index contributed by atoms with van der Waals surface area (Å²) >= 11 is 0. The van der Waals surface area contributed by atoms with E-state index in [9.17, 15) is 4.79 Å². The molecular weight excluding hydrogens is 413 g/mol. The van der Waals surface area contributed by atoms with E-state index in [0.29, 0.717) is 6.42 Å². The van der Waals surface area contributed by atoms with Crippen molar-refractivity contribution in [3.05, 3.63) is 0 Å². The van der Waals surface area contributed by atoms with Gasteiger partial charge < -0.3 is 5.11 Å². The zero-order chi connectivity index (χ0) is 12.1. The van der Waals surface area contributed by atoms with Gasteiger partial charge in [0.2, 0.25) is 0 Å². The minimum absolute atomic E-state index is 0. The molecule has 0 heterocycles. The number of carboxylic acids is 1. The van der Waals surface area contributed by atoms with Crippen molar-refractivity contribution in [2.45, 2.75) is 84.0 Å². The molecule has 0 rings (SSSR count). The molecule has 112 valence electrons. The molecule has 0 aliphatic carbocycles. The minimum Gasteiger partial charge on any atom is -0.481 e. The van der Waals surface area contributed by atoms with Crippen LogP contribution in [0.2, 0.25) is 0 Å². The summed E-state index contributed by atoms with van der Waals surface area (Å²) in [6.07, 6.45) is 14.4. The fourth-order valence-electron chi connectivity index (χ4n) is 1.94. The molecule has 0 saturated heterocycles. The van der Waals surface area contributed by atoms with Crippen LogP contribution in [0.1, 0.15) is 84.0 Å². The molecule has 0 aliphatic heterocycles. The SMILES string of the molecule is CCCCCCCCCCCCCC(=O)O.[Fe].[Gd]. The first-order valence-corrected chi connectivity index (χ1v) is 6.99. The minimum atomic E-state index is -0.657. The van der Waals surface area contributed by atoms with Crippen molar-refractivity contribution in [1.29, 1.82) is 0 Å². The largest absolute Gasteiger partial charge is 0.481 e. The maximum atomic E-state index is 10.3. The molecule has 2 nitrogen and oxygen atoms in total. The van der Waals surface area contributed by atoms with Gasteiger partial charge in [0, 0.05) is 63.4 Å². The molecule has 18 heavy (non-hydrogen) atoms. The third-order valence-corrected chi connectivity index (χ3v) is 2.99. The Morgan fingerprint density at radius 3 is 1.44 bits per heavy atom. The molecule has 0 saturated carbocycles. The first-order valence-electron chi connectivity index (χ1n) is 6.99. The van der Waals surface area contributed by atoms with E-state index < -0.39 is 5.97 Å². The second kappa shape index (κ2) is 20.6. The summed E-state index contributed by atoms with van der Waals surface area (Å²) in [5, 5.41) is 8.46. The molecule has 0 bridgehead atoms. The third-order valence-electron chi connectivity index (χ3n) is 2.99. The predicted molar refractivity (Wildman–Crippen MR) is 68.7 cm³/mol. The van der Waals surface area contributed by atoms with Crippen LogP contribution < -0.4 is 0 Å². The van der Waals surface area contributed by atoms with Crippen LogP contribution >= 0.6 is 0 Å². The third kappa shape index (κ3) is 22.5. The number of hydrogen-bond acceptors (Lipinski definition) is 1. The van der Waals surface area contributed by atoms with Gasteiger partial charge >= 0.3 is 5.97 Å². The summed E-state index contributed by atoms with van der Waals surface area (Å²) in [6.45, 7) is 2.25. The molecule has 0 aliphatic rings. The summed E-state index contributed by atoms with van der Waals surface area (Å²) in [6, 6.07) is 0. The van der Waals surface area contributed by atoms with E-state index in [1.807, 2.05) is 0 Å². The summed E-state index contributed by atoms with van der Waals surface area (Å²) < 4.78 is 0. The van der Waals surface area contributed by atoms with Gasteiger partial charge in [0.05, 0.1) is 0 Å². The van der Waals surface area contributed by atoms with E-state index in [-0.39, 0.29) is 57.0 Å². The molecule has 0 unspecified atom stereocenters. The number of unbranched alkanes of at least 4 members (excludes halogenated alkanes) is 10. The zero-order valence-electron chi connectivity index (χ0n) is 11.5. The van der Waals surface area contributed by atoms with Gasteiger partial charge in [-0.15, -0.1) is 0 Å². The molecule has 0 atom stereocenters. The van der Waals surface area contributed by atoms with Crippen LogP contribution in [0.25, 0.3) is 0 Å². The number of aliphatic carboxylic acids is 1. The van der Waals surface area contributed by atoms with Gasteiger partial charge in [0.25, 0.3) is 0 Å². The van der Waals surface area contributed by atoms with E-state index >= 15 is 0 Å². The summed E-state index contributed by atoms with van der Waals surface area (Å²) in [4.78, 5) is 10.3. The van der Waals surface area contributed by atoms with Crippen molar-refractivity contribution in [3.8, 4) is 0 Å². The average molecular weight is 441 g/mol. The second-order valence-electron chi connectivity index (χ2n) is 4.68. The topological polar surface area (TPSA) is 37.3 Å². The van der Waals surface area contributed by atoms with E-state index in [1.165, 1.54) is 57.8 Å². The molecule has 0 aromatic carbocycles. The predicted octanol–water partition coefficient (Wildman–Crippen LogP) is 4.77. The van der Waals surface area contributed by atoms with Crippen molar-refractivity contribution in [2.75, 3.05) is 0 Å². The molecule has 4 heteroatoms. The fraction of sp³-hybridized carbons (Fsp3) is 0.929. The van der Waals surface area contributed by atoms with Gasteiger partial charge in [0.15, 0.2) is 0 Å². The van der Waals surface area contributed by atoms with Crippen LogP contribution in [0.3, 0.4) is 0 Å². The van der Waals surface area contributed by atoms with Crippen molar-refractivity contribution in [2.24, 2.45) is 0 Å². The Balaban J connectivity index is -0.00000112. The molecule has 1 N–H and O–H groups in total. The Bertz CT molecular complexity index is 166. The van der Waals surface area contributed by atoms with Crippen LogP contribution in [-0.4, -0.2) is 11.1 Å². The second-order valence-corrected chi connectivity index (χ2v) is 4.68. The van der Waals surface area contributed by atoms with Gasteiger partial charge in [0.1, 0.15) is 0 Å². The van der Waals surface area contributed by atoms with E-state index in [1.54, 1.807) is 0 Å². The van der Waals surface area contributed by atoms with Crippen molar-refractivity contribution >= 4 is 5.97 Å². The molecule has 0 aromatic rings. The monoisotopic (exact) mass is 442 g/mol. The van der Waals surface area contributed by atoms with Crippen LogP contribution in [-0.2, 0) is 21.9 Å². The van der Waals surface area contributed by atoms with Gasteiger partial charge in [-0.1, -0.05) is 71.1 Å². The molecule has 0 fully saturated rings. The summed E-state index contributed by atoms with van der Waals surface area (Å²) in [5.74, 6) is -0.657. The maximum Gasteiger partial charge on any atom is 0.303 e. The van der Waals surface area contributed by atoms with Gasteiger partial charge in [-0.3, -0.25) is 4.79 Å². The molecule has 0 radical (unpaired) electrons. The average Bonchev–Trinajstić information content (AvgIpc) is 2.25. The van der Waals surface area contributed by atoms with Crippen LogP contribution in [0, 0.1) is 39.9 Å². The number of hydrogen-bond donors (Lipinski definition) is 1. The van der Waals surface area contributed by atoms with Crippen molar-refractivity contribution in [1.82, 2.24) is 0 Å². The first kappa shape index (κ1) is 24.3. The molecular formula is C14H28FeGdO2. The first-order chi connectivity index (χ1) is 7.77. The molecule has 0 amide bonds. The smallest absolute Gasteiger partial charge is 0.303 e. The standard InChI is InChI=1S/C14H28O2.Fe.Gd/c1-2-3-4-5-6-7-8-9-10-11-12-13-14(15)16;;/h2-13H2,1H3,(H,15,16);;. The summed E-state index contributed by atoms with van der Waals surface area (Å²) in [7, 11) is 0. The quantitative estimate of drug-likeness (QED) is 0.350. The van der Waals surface area contributed by atoms with Crippen LogP contribution in [0.5, 0.6) is 0 Å². The van der Waals surface area contributed by atoms with E-state index in [0.717, 1.165) is 12.8 Å². The van der Waals surface area contributed by atoms with Crippen LogP contribution in [0.15, 0.2) is 0 Å². The number of carbonyl (C=O) groups is 1. The van der Waals surface area contributed by atoms with Crippen molar-refractivity contribution < 1.29 is 66.9 Å². The summed E-state index contributed by atoms with van der Waals surface area (Å²) in [5.41, 5.74) is 0. The maximum absolute atomic E-state index is 10.3. The van der Waals surface area contributed by atoms with Gasteiger partial charge in [-0.05, 0) is 6.42 Å². The van der Waals surface area contributed by atoms with E-state index in [2.05, 4.69) is 6.92 Å². The Morgan fingerprint density at radius 1 is 0.778 bits per heavy atom. The van der Waals surface area contributed by atoms with E-state index in [4.69, 9.17) is 5.11 Å².